The third-order valence-corrected chi connectivity index (χ3v) is 6.65. The predicted molar refractivity (Wildman–Crippen MR) is 149 cm³/mol. The van der Waals surface area contributed by atoms with Gasteiger partial charge in [-0.05, 0) is 73.9 Å². The van der Waals surface area contributed by atoms with E-state index >= 15 is 0 Å². The first kappa shape index (κ1) is 26.9. The summed E-state index contributed by atoms with van der Waals surface area (Å²) in [5.41, 5.74) is 2.97. The molecule has 4 rings (SSSR count). The molecule has 1 amide bonds. The molecule has 198 valence electrons. The lowest BCUT2D eigenvalue weighted by molar-refractivity contribution is -0.140. The molecule has 0 bridgehead atoms. The van der Waals surface area contributed by atoms with Crippen molar-refractivity contribution in [1.29, 1.82) is 0 Å². The number of aliphatic hydroxyl groups is 1. The monoisotopic (exact) mass is 513 g/mol. The second kappa shape index (κ2) is 11.9. The van der Waals surface area contributed by atoms with E-state index in [0.717, 1.165) is 24.3 Å². The summed E-state index contributed by atoms with van der Waals surface area (Å²) < 4.78 is 5.75. The Balaban J connectivity index is 1.76. The zero-order valence-corrected chi connectivity index (χ0v) is 22.4. The molecule has 0 saturated carbocycles. The molecule has 1 aliphatic rings. The molecule has 2 aromatic carbocycles. The highest BCUT2D eigenvalue weighted by molar-refractivity contribution is 6.46. The maximum atomic E-state index is 13.4. The van der Waals surface area contributed by atoms with E-state index < -0.39 is 17.7 Å². The highest BCUT2D eigenvalue weighted by Crippen LogP contribution is 2.40. The van der Waals surface area contributed by atoms with Gasteiger partial charge in [0.05, 0.1) is 30.5 Å². The van der Waals surface area contributed by atoms with E-state index in [1.54, 1.807) is 36.5 Å². The van der Waals surface area contributed by atoms with Crippen molar-refractivity contribution in [3.8, 4) is 5.75 Å². The summed E-state index contributed by atoms with van der Waals surface area (Å²) in [6, 6.07) is 19.5. The van der Waals surface area contributed by atoms with Crippen molar-refractivity contribution in [3.05, 3.63) is 95.3 Å². The number of aliphatic hydroxyl groups excluding tert-OH is 1. The summed E-state index contributed by atoms with van der Waals surface area (Å²) in [4.78, 5) is 34.7. The normalized spacial score (nSPS) is 16.8. The number of carbonyl (C=O) groups excluding carboxylic acids is 2. The zero-order valence-electron chi connectivity index (χ0n) is 22.4. The molecule has 0 radical (unpaired) electrons. The number of pyridine rings is 1. The van der Waals surface area contributed by atoms with Crippen LogP contribution >= 0.6 is 0 Å². The number of nitrogens with zero attached hydrogens (tertiary/aromatic N) is 3. The van der Waals surface area contributed by atoms with Crippen molar-refractivity contribution >= 4 is 23.1 Å². The molecule has 1 aliphatic heterocycles. The Morgan fingerprint density at radius 3 is 2.26 bits per heavy atom. The number of rotatable bonds is 10. The van der Waals surface area contributed by atoms with Gasteiger partial charge in [-0.1, -0.05) is 32.0 Å². The molecule has 3 aromatic rings. The number of anilines is 1. The summed E-state index contributed by atoms with van der Waals surface area (Å²) >= 11 is 0. The second-order valence-electron chi connectivity index (χ2n) is 9.74. The van der Waals surface area contributed by atoms with E-state index in [9.17, 15) is 14.7 Å². The van der Waals surface area contributed by atoms with Crippen LogP contribution in [0.1, 0.15) is 50.6 Å². The molecule has 1 N–H and O–H groups in total. The predicted octanol–water partition coefficient (Wildman–Crippen LogP) is 5.58. The average Bonchev–Trinajstić information content (AvgIpc) is 3.18. The molecule has 1 aromatic heterocycles. The Labute approximate surface area is 224 Å². The summed E-state index contributed by atoms with van der Waals surface area (Å²) in [6.45, 7) is 10.8. The minimum absolute atomic E-state index is 0.0670. The Bertz CT molecular complexity index is 1280. The quantitative estimate of drug-likeness (QED) is 0.216. The average molecular weight is 514 g/mol. The molecule has 1 unspecified atom stereocenters. The number of ether oxygens (including phenoxy) is 1. The highest BCUT2D eigenvalue weighted by Gasteiger charge is 2.46. The molecule has 2 heterocycles. The summed E-state index contributed by atoms with van der Waals surface area (Å²) in [5.74, 6) is -0.524. The first-order chi connectivity index (χ1) is 18.3. The standard InChI is InChI=1S/C31H35N3O4/c1-5-33(6-2)25-14-10-22(11-15-25)28-27(29(35)23-12-16-26(17-13-23)38-20-21(3)4)30(36)31(37)34(28)19-24-9-7-8-18-32-24/h7-18,21,28,35H,5-6,19-20H2,1-4H3/b29-27-. The minimum Gasteiger partial charge on any atom is -0.507 e. The van der Waals surface area contributed by atoms with Crippen molar-refractivity contribution < 1.29 is 19.4 Å². The topological polar surface area (TPSA) is 83.0 Å². The van der Waals surface area contributed by atoms with Crippen LogP contribution in [0, 0.1) is 5.92 Å². The fraction of sp³-hybridized carbons (Fsp3) is 0.323. The van der Waals surface area contributed by atoms with E-state index in [1.165, 1.54) is 4.90 Å². The third-order valence-electron chi connectivity index (χ3n) is 6.65. The molecule has 1 atom stereocenters. The Morgan fingerprint density at radius 1 is 1.00 bits per heavy atom. The Kier molecular flexibility index (Phi) is 8.46. The van der Waals surface area contributed by atoms with Gasteiger partial charge >= 0.3 is 0 Å². The number of carbonyl (C=O) groups is 2. The third kappa shape index (κ3) is 5.72. The summed E-state index contributed by atoms with van der Waals surface area (Å²) in [6.07, 6.45) is 1.66. The molecule has 0 aliphatic carbocycles. The van der Waals surface area contributed by atoms with Gasteiger partial charge in [-0.25, -0.2) is 0 Å². The van der Waals surface area contributed by atoms with Gasteiger partial charge in [-0.3, -0.25) is 14.6 Å². The fourth-order valence-electron chi connectivity index (χ4n) is 4.64. The Hall–Kier alpha value is -4.13. The molecule has 38 heavy (non-hydrogen) atoms. The van der Waals surface area contributed by atoms with E-state index in [-0.39, 0.29) is 17.9 Å². The van der Waals surface area contributed by atoms with Crippen LogP contribution in [0.3, 0.4) is 0 Å². The molecule has 1 saturated heterocycles. The maximum absolute atomic E-state index is 13.4. The summed E-state index contributed by atoms with van der Waals surface area (Å²) in [5, 5.41) is 11.4. The van der Waals surface area contributed by atoms with Gasteiger partial charge in [-0.2, -0.15) is 0 Å². The van der Waals surface area contributed by atoms with Crippen LogP contribution in [0.2, 0.25) is 0 Å². The molecular formula is C31H35N3O4. The van der Waals surface area contributed by atoms with Crippen LogP contribution in [0.4, 0.5) is 5.69 Å². The van der Waals surface area contributed by atoms with Crippen molar-refractivity contribution in [2.24, 2.45) is 5.92 Å². The molecule has 7 heteroatoms. The first-order valence-electron chi connectivity index (χ1n) is 13.1. The maximum Gasteiger partial charge on any atom is 0.296 e. The van der Waals surface area contributed by atoms with Crippen LogP contribution in [-0.4, -0.2) is 46.4 Å². The van der Waals surface area contributed by atoms with Gasteiger partial charge in [0.1, 0.15) is 11.5 Å². The van der Waals surface area contributed by atoms with Gasteiger partial charge in [-0.15, -0.1) is 0 Å². The number of likely N-dealkylation sites (tertiary alicyclic amines) is 1. The lowest BCUT2D eigenvalue weighted by atomic mass is 9.95. The van der Waals surface area contributed by atoms with E-state index in [0.29, 0.717) is 29.5 Å². The number of benzene rings is 2. The lowest BCUT2D eigenvalue weighted by Gasteiger charge is -2.26. The van der Waals surface area contributed by atoms with Gasteiger partial charge in [0.15, 0.2) is 0 Å². The number of hydrogen-bond acceptors (Lipinski definition) is 6. The SMILES string of the molecule is CCN(CC)c1ccc(C2/C(=C(/O)c3ccc(OCC(C)C)cc3)C(=O)C(=O)N2Cc2ccccn2)cc1. The van der Waals surface area contributed by atoms with Gasteiger partial charge in [0.25, 0.3) is 11.7 Å². The molecule has 0 spiro atoms. The molecule has 7 nitrogen and oxygen atoms in total. The Morgan fingerprint density at radius 2 is 1.68 bits per heavy atom. The lowest BCUT2D eigenvalue weighted by Crippen LogP contribution is -2.29. The van der Waals surface area contributed by atoms with Crippen molar-refractivity contribution in [1.82, 2.24) is 9.88 Å². The van der Waals surface area contributed by atoms with Crippen LogP contribution in [-0.2, 0) is 16.1 Å². The van der Waals surface area contributed by atoms with E-state index in [1.807, 2.05) is 36.4 Å². The van der Waals surface area contributed by atoms with Crippen molar-refractivity contribution in [2.45, 2.75) is 40.3 Å². The molecule has 1 fully saturated rings. The van der Waals surface area contributed by atoms with Gasteiger partial charge in [0, 0.05) is 30.5 Å². The number of hydrogen-bond donors (Lipinski definition) is 1. The van der Waals surface area contributed by atoms with Crippen molar-refractivity contribution in [3.63, 3.8) is 0 Å². The number of Topliss-reactive ketones (excluding diaryl/α,β-unsaturated/α-hetero) is 1. The highest BCUT2D eigenvalue weighted by atomic mass is 16.5. The second-order valence-corrected chi connectivity index (χ2v) is 9.74. The largest absolute Gasteiger partial charge is 0.507 e. The van der Waals surface area contributed by atoms with E-state index in [2.05, 4.69) is 37.6 Å². The zero-order chi connectivity index (χ0) is 27.2. The number of aromatic nitrogens is 1. The number of ketones is 1. The first-order valence-corrected chi connectivity index (χ1v) is 13.1. The van der Waals surface area contributed by atoms with Crippen LogP contribution in [0.25, 0.3) is 5.76 Å². The molecular weight excluding hydrogens is 478 g/mol. The van der Waals surface area contributed by atoms with Crippen LogP contribution < -0.4 is 9.64 Å². The van der Waals surface area contributed by atoms with Crippen LogP contribution in [0.5, 0.6) is 5.75 Å². The minimum atomic E-state index is -0.750. The van der Waals surface area contributed by atoms with E-state index in [4.69, 9.17) is 4.74 Å². The smallest absolute Gasteiger partial charge is 0.296 e. The van der Waals surface area contributed by atoms with Crippen LogP contribution in [0.15, 0.2) is 78.5 Å². The van der Waals surface area contributed by atoms with Gasteiger partial charge in [0.2, 0.25) is 0 Å². The summed E-state index contributed by atoms with van der Waals surface area (Å²) in [7, 11) is 0. The van der Waals surface area contributed by atoms with Gasteiger partial charge < -0.3 is 19.6 Å². The number of amides is 1. The van der Waals surface area contributed by atoms with Crippen molar-refractivity contribution in [2.75, 3.05) is 24.6 Å². The fourth-order valence-corrected chi connectivity index (χ4v) is 4.64.